The highest BCUT2D eigenvalue weighted by Gasteiger charge is 2.22. The van der Waals surface area contributed by atoms with Gasteiger partial charge < -0.3 is 8.75 Å². The molecule has 7 heteroatoms. The summed E-state index contributed by atoms with van der Waals surface area (Å²) < 4.78 is 32.1. The summed E-state index contributed by atoms with van der Waals surface area (Å²) in [5, 5.41) is 0.751. The van der Waals surface area contributed by atoms with Crippen molar-refractivity contribution in [3.05, 3.63) is 88.2 Å². The van der Waals surface area contributed by atoms with Gasteiger partial charge >= 0.3 is 10.1 Å². The van der Waals surface area contributed by atoms with E-state index in [4.69, 9.17) is 4.18 Å². The van der Waals surface area contributed by atoms with E-state index in [2.05, 4.69) is 4.98 Å². The van der Waals surface area contributed by atoms with E-state index in [-0.39, 0.29) is 16.2 Å². The molecule has 0 amide bonds. The van der Waals surface area contributed by atoms with Crippen LogP contribution in [0.5, 0.6) is 5.75 Å². The Morgan fingerprint density at radius 3 is 2.59 bits per heavy atom. The van der Waals surface area contributed by atoms with Gasteiger partial charge in [-0.3, -0.25) is 4.79 Å². The molecule has 2 aromatic heterocycles. The summed E-state index contributed by atoms with van der Waals surface area (Å²) >= 11 is 0. The maximum absolute atomic E-state index is 12.5. The SMILES string of the molecule is Cc1ccc(S(=O)(=O)Oc2ccc3nc4c(cc3c2)Cn2c-4cccc2=O)cc1. The van der Waals surface area contributed by atoms with Crippen LogP contribution in [0.25, 0.3) is 22.3 Å². The zero-order valence-electron chi connectivity index (χ0n) is 15.5. The molecular weight excluding hydrogens is 388 g/mol. The van der Waals surface area contributed by atoms with Gasteiger partial charge in [-0.15, -0.1) is 0 Å². The second kappa shape index (κ2) is 6.28. The summed E-state index contributed by atoms with van der Waals surface area (Å²) in [6, 6.07) is 18.5. The van der Waals surface area contributed by atoms with E-state index >= 15 is 0 Å². The molecule has 0 fully saturated rings. The number of hydrogen-bond donors (Lipinski definition) is 0. The molecule has 0 spiro atoms. The fourth-order valence-corrected chi connectivity index (χ4v) is 4.46. The quantitative estimate of drug-likeness (QED) is 0.430. The first-order valence-corrected chi connectivity index (χ1v) is 10.5. The zero-order chi connectivity index (χ0) is 20.2. The molecule has 5 rings (SSSR count). The van der Waals surface area contributed by atoms with Gasteiger partial charge in [0, 0.05) is 17.0 Å². The average Bonchev–Trinajstić information content (AvgIpc) is 3.05. The van der Waals surface area contributed by atoms with Crippen LogP contribution < -0.4 is 9.74 Å². The lowest BCUT2D eigenvalue weighted by Crippen LogP contribution is -2.16. The second-order valence-electron chi connectivity index (χ2n) is 7.04. The van der Waals surface area contributed by atoms with Gasteiger partial charge in [0.25, 0.3) is 5.56 Å². The van der Waals surface area contributed by atoms with Crippen LogP contribution in [0.2, 0.25) is 0 Å². The van der Waals surface area contributed by atoms with Crippen LogP contribution in [0.3, 0.4) is 0 Å². The number of benzene rings is 2. The van der Waals surface area contributed by atoms with Crippen LogP contribution in [0.1, 0.15) is 11.1 Å². The van der Waals surface area contributed by atoms with Crippen molar-refractivity contribution in [2.75, 3.05) is 0 Å². The van der Waals surface area contributed by atoms with Crippen LogP contribution in [0, 0.1) is 6.92 Å². The molecule has 1 aliphatic rings. The number of fused-ring (bicyclic) bond motifs is 4. The van der Waals surface area contributed by atoms with Gasteiger partial charge in [-0.25, -0.2) is 4.98 Å². The number of rotatable bonds is 3. The van der Waals surface area contributed by atoms with Crippen LogP contribution >= 0.6 is 0 Å². The minimum absolute atomic E-state index is 0.0715. The lowest BCUT2D eigenvalue weighted by molar-refractivity contribution is 0.486. The smallest absolute Gasteiger partial charge is 0.339 e. The topological polar surface area (TPSA) is 78.3 Å². The van der Waals surface area contributed by atoms with Crippen LogP contribution in [0.15, 0.2) is 76.4 Å². The maximum atomic E-state index is 12.5. The van der Waals surface area contributed by atoms with Gasteiger partial charge in [-0.1, -0.05) is 23.8 Å². The average molecular weight is 404 g/mol. The molecule has 6 nitrogen and oxygen atoms in total. The summed E-state index contributed by atoms with van der Waals surface area (Å²) in [5.41, 5.74) is 4.08. The molecule has 0 unspecified atom stereocenters. The number of hydrogen-bond acceptors (Lipinski definition) is 5. The summed E-state index contributed by atoms with van der Waals surface area (Å²) in [6.07, 6.45) is 0. The van der Waals surface area contributed by atoms with Gasteiger partial charge in [-0.2, -0.15) is 8.42 Å². The number of nitrogens with zero attached hydrogens (tertiary/aromatic N) is 2. The van der Waals surface area contributed by atoms with Crippen molar-refractivity contribution in [2.24, 2.45) is 0 Å². The molecule has 0 saturated carbocycles. The molecule has 3 heterocycles. The van der Waals surface area contributed by atoms with Gasteiger partial charge in [0.05, 0.1) is 23.4 Å². The lowest BCUT2D eigenvalue weighted by atomic mass is 10.1. The first kappa shape index (κ1) is 17.6. The van der Waals surface area contributed by atoms with Gasteiger partial charge in [0.15, 0.2) is 0 Å². The molecule has 1 aliphatic heterocycles. The molecule has 0 aliphatic carbocycles. The first-order chi connectivity index (χ1) is 13.9. The second-order valence-corrected chi connectivity index (χ2v) is 8.58. The van der Waals surface area contributed by atoms with Gasteiger partial charge in [0.1, 0.15) is 10.6 Å². The van der Waals surface area contributed by atoms with Crippen LogP contribution in [-0.2, 0) is 16.7 Å². The number of aromatic nitrogens is 2. The largest absolute Gasteiger partial charge is 0.379 e. The Kier molecular flexibility index (Phi) is 3.82. The van der Waals surface area contributed by atoms with Gasteiger partial charge in [0.2, 0.25) is 0 Å². The number of pyridine rings is 2. The van der Waals surface area contributed by atoms with Crippen molar-refractivity contribution >= 4 is 21.0 Å². The highest BCUT2D eigenvalue weighted by Crippen LogP contribution is 2.32. The van der Waals surface area contributed by atoms with Crippen molar-refractivity contribution in [1.29, 1.82) is 0 Å². The molecule has 0 saturated heterocycles. The fraction of sp³-hybridized carbons (Fsp3) is 0.0909. The minimum atomic E-state index is -3.93. The third kappa shape index (κ3) is 3.00. The molecule has 2 aromatic carbocycles. The Bertz CT molecular complexity index is 1440. The van der Waals surface area contributed by atoms with Crippen molar-refractivity contribution in [3.8, 4) is 17.1 Å². The normalized spacial score (nSPS) is 12.6. The molecule has 0 bridgehead atoms. The Hall–Kier alpha value is -3.45. The standard InChI is InChI=1S/C22H16N2O4S/c1-14-5-8-18(9-6-14)29(26,27)28-17-7-10-19-15(12-17)11-16-13-24-20(22(16)23-19)3-2-4-21(24)25/h2-12H,13H2,1H3. The Balaban J connectivity index is 1.53. The summed E-state index contributed by atoms with van der Waals surface area (Å²) in [4.78, 5) is 16.9. The van der Waals surface area contributed by atoms with Crippen LogP contribution in [0.4, 0.5) is 0 Å². The fourth-order valence-electron chi connectivity index (χ4n) is 3.53. The highest BCUT2D eigenvalue weighted by atomic mass is 32.2. The molecule has 29 heavy (non-hydrogen) atoms. The van der Waals surface area contributed by atoms with E-state index in [9.17, 15) is 13.2 Å². The molecule has 0 atom stereocenters. The van der Waals surface area contributed by atoms with E-state index in [0.29, 0.717) is 12.1 Å². The molecular formula is C22H16N2O4S. The van der Waals surface area contributed by atoms with Crippen LogP contribution in [-0.4, -0.2) is 18.0 Å². The van der Waals surface area contributed by atoms with Crippen molar-refractivity contribution in [2.45, 2.75) is 18.4 Å². The Morgan fingerprint density at radius 2 is 1.79 bits per heavy atom. The number of aryl methyl sites for hydroxylation is 1. The van der Waals surface area contributed by atoms with E-state index in [1.807, 2.05) is 19.1 Å². The molecule has 0 N–H and O–H groups in total. The van der Waals surface area contributed by atoms with Crippen molar-refractivity contribution < 1.29 is 12.6 Å². The predicted molar refractivity (Wildman–Crippen MR) is 110 cm³/mol. The maximum Gasteiger partial charge on any atom is 0.339 e. The van der Waals surface area contributed by atoms with E-state index in [1.165, 1.54) is 18.2 Å². The predicted octanol–water partition coefficient (Wildman–Crippen LogP) is 3.50. The summed E-state index contributed by atoms with van der Waals surface area (Å²) in [7, 11) is -3.93. The van der Waals surface area contributed by atoms with E-state index in [1.54, 1.807) is 41.0 Å². The van der Waals surface area contributed by atoms with Crippen molar-refractivity contribution in [3.63, 3.8) is 0 Å². The summed E-state index contributed by atoms with van der Waals surface area (Å²) in [5.74, 6) is 0.215. The third-order valence-electron chi connectivity index (χ3n) is 5.00. The monoisotopic (exact) mass is 404 g/mol. The lowest BCUT2D eigenvalue weighted by Gasteiger charge is -2.09. The molecule has 144 valence electrons. The molecule has 4 aromatic rings. The minimum Gasteiger partial charge on any atom is -0.379 e. The Labute approximate surface area is 167 Å². The zero-order valence-corrected chi connectivity index (χ0v) is 16.3. The third-order valence-corrected chi connectivity index (χ3v) is 6.26. The highest BCUT2D eigenvalue weighted by molar-refractivity contribution is 7.87. The molecule has 0 radical (unpaired) electrons. The first-order valence-electron chi connectivity index (χ1n) is 9.06. The Morgan fingerprint density at radius 1 is 1.00 bits per heavy atom. The van der Waals surface area contributed by atoms with E-state index in [0.717, 1.165) is 27.9 Å². The van der Waals surface area contributed by atoms with E-state index < -0.39 is 10.1 Å². The van der Waals surface area contributed by atoms with Gasteiger partial charge in [-0.05, 0) is 49.4 Å². The van der Waals surface area contributed by atoms with Crippen molar-refractivity contribution in [1.82, 2.24) is 9.55 Å². The summed E-state index contributed by atoms with van der Waals surface area (Å²) in [6.45, 7) is 2.33.